The monoisotopic (exact) mass is 481 g/mol. The first-order valence-corrected chi connectivity index (χ1v) is 12.4. The largest absolute Gasteiger partial charge is 0.322 e. The van der Waals surface area contributed by atoms with Gasteiger partial charge in [-0.2, -0.15) is 0 Å². The Labute approximate surface area is 210 Å². The summed E-state index contributed by atoms with van der Waals surface area (Å²) in [5.74, 6) is 0. The third kappa shape index (κ3) is 4.80. The Balaban J connectivity index is 1.13. The van der Waals surface area contributed by atoms with Crippen LogP contribution in [-0.2, 0) is 13.1 Å². The zero-order chi connectivity index (χ0) is 24.5. The van der Waals surface area contributed by atoms with Crippen molar-refractivity contribution in [3.63, 3.8) is 0 Å². The lowest BCUT2D eigenvalue weighted by atomic mass is 10.0. The quantitative estimate of drug-likeness (QED) is 0.355. The van der Waals surface area contributed by atoms with Gasteiger partial charge < -0.3 is 13.9 Å². The molecule has 6 heterocycles. The van der Waals surface area contributed by atoms with E-state index in [9.17, 15) is 0 Å². The zero-order valence-electron chi connectivity index (χ0n) is 20.8. The standard InChI is InChI=1S/C27H31N9/c1-32(2)24-7-11-33(12-8-24)16-21-5-6-27-29-23(18-35(27)17-21)19-36-20-26(30-31-36)22-13-25(15-28-14-22)34-9-3-4-10-34/h3-6,9-10,13-15,17-18,20,24H,7-8,11-12,16,19H2,1-2H3. The molecule has 0 amide bonds. The van der Waals surface area contributed by atoms with Gasteiger partial charge in [0.1, 0.15) is 11.3 Å². The fraction of sp³-hybridized carbons (Fsp3) is 0.333. The van der Waals surface area contributed by atoms with Crippen LogP contribution in [0.25, 0.3) is 22.6 Å². The molecule has 9 nitrogen and oxygen atoms in total. The van der Waals surface area contributed by atoms with Gasteiger partial charge in [0.2, 0.25) is 0 Å². The number of piperidine rings is 1. The maximum Gasteiger partial charge on any atom is 0.137 e. The molecular formula is C27H31N9. The summed E-state index contributed by atoms with van der Waals surface area (Å²) in [6, 6.07) is 11.1. The molecule has 0 radical (unpaired) electrons. The van der Waals surface area contributed by atoms with Crippen molar-refractivity contribution in [3.05, 3.63) is 85.0 Å². The molecule has 1 aliphatic rings. The van der Waals surface area contributed by atoms with Gasteiger partial charge in [0.15, 0.2) is 0 Å². The average Bonchev–Trinajstić information content (AvgIpc) is 3.66. The molecule has 9 heteroatoms. The second kappa shape index (κ2) is 9.67. The molecule has 1 aliphatic heterocycles. The highest BCUT2D eigenvalue weighted by atomic mass is 15.4. The van der Waals surface area contributed by atoms with Gasteiger partial charge in [-0.3, -0.25) is 9.88 Å². The van der Waals surface area contributed by atoms with Crippen molar-refractivity contribution in [2.45, 2.75) is 32.0 Å². The van der Waals surface area contributed by atoms with Crippen molar-refractivity contribution in [1.29, 1.82) is 0 Å². The van der Waals surface area contributed by atoms with Crippen LogP contribution in [0.3, 0.4) is 0 Å². The molecule has 0 unspecified atom stereocenters. The van der Waals surface area contributed by atoms with E-state index in [1.165, 1.54) is 18.4 Å². The molecule has 0 bridgehead atoms. The zero-order valence-corrected chi connectivity index (χ0v) is 20.8. The number of aromatic nitrogens is 7. The Morgan fingerprint density at radius 2 is 1.81 bits per heavy atom. The maximum absolute atomic E-state index is 4.79. The molecule has 5 aromatic rings. The number of likely N-dealkylation sites (tertiary alicyclic amines) is 1. The van der Waals surface area contributed by atoms with Crippen molar-refractivity contribution in [2.24, 2.45) is 0 Å². The number of rotatable bonds is 7. The number of imidazole rings is 1. The lowest BCUT2D eigenvalue weighted by molar-refractivity contribution is 0.140. The number of pyridine rings is 2. The summed E-state index contributed by atoms with van der Waals surface area (Å²) < 4.78 is 5.98. The van der Waals surface area contributed by atoms with Gasteiger partial charge in [-0.1, -0.05) is 11.3 Å². The minimum atomic E-state index is 0.562. The van der Waals surface area contributed by atoms with E-state index in [1.54, 1.807) is 0 Å². The smallest absolute Gasteiger partial charge is 0.137 e. The van der Waals surface area contributed by atoms with Crippen LogP contribution >= 0.6 is 0 Å². The highest BCUT2D eigenvalue weighted by molar-refractivity contribution is 5.59. The average molecular weight is 482 g/mol. The molecule has 0 atom stereocenters. The molecular weight excluding hydrogens is 450 g/mol. The van der Waals surface area contributed by atoms with Crippen LogP contribution in [0.15, 0.2) is 73.7 Å². The number of fused-ring (bicyclic) bond motifs is 1. The van der Waals surface area contributed by atoms with Gasteiger partial charge in [-0.15, -0.1) is 5.10 Å². The summed E-state index contributed by atoms with van der Waals surface area (Å²) in [7, 11) is 4.37. The number of nitrogens with zero attached hydrogens (tertiary/aromatic N) is 9. The molecule has 0 aromatic carbocycles. The Morgan fingerprint density at radius 1 is 0.972 bits per heavy atom. The molecule has 6 rings (SSSR count). The van der Waals surface area contributed by atoms with E-state index in [0.717, 1.165) is 47.9 Å². The molecule has 0 N–H and O–H groups in total. The molecule has 0 aliphatic carbocycles. The van der Waals surface area contributed by atoms with E-state index in [-0.39, 0.29) is 0 Å². The third-order valence-corrected chi connectivity index (χ3v) is 7.04. The molecule has 1 fully saturated rings. The predicted octanol–water partition coefficient (Wildman–Crippen LogP) is 3.35. The molecule has 5 aromatic heterocycles. The Morgan fingerprint density at radius 3 is 2.61 bits per heavy atom. The number of hydrogen-bond acceptors (Lipinski definition) is 6. The summed E-state index contributed by atoms with van der Waals surface area (Å²) >= 11 is 0. The second-order valence-corrected chi connectivity index (χ2v) is 9.83. The SMILES string of the molecule is CN(C)C1CCN(Cc2ccc3nc(Cn4cc(-c5cncc(-n6cccc6)c5)nn4)cn3c2)CC1. The van der Waals surface area contributed by atoms with Crippen LogP contribution in [0.5, 0.6) is 0 Å². The van der Waals surface area contributed by atoms with E-state index >= 15 is 0 Å². The predicted molar refractivity (Wildman–Crippen MR) is 139 cm³/mol. The highest BCUT2D eigenvalue weighted by Gasteiger charge is 2.20. The summed E-state index contributed by atoms with van der Waals surface area (Å²) in [5, 5.41) is 8.71. The minimum absolute atomic E-state index is 0.562. The summed E-state index contributed by atoms with van der Waals surface area (Å²) in [5.41, 5.74) is 5.93. The van der Waals surface area contributed by atoms with Crippen LogP contribution in [0.4, 0.5) is 0 Å². The second-order valence-electron chi connectivity index (χ2n) is 9.83. The molecule has 0 spiro atoms. The van der Waals surface area contributed by atoms with Crippen LogP contribution < -0.4 is 0 Å². The normalized spacial score (nSPS) is 15.3. The Kier molecular flexibility index (Phi) is 6.08. The minimum Gasteiger partial charge on any atom is -0.322 e. The topological polar surface area (TPSA) is 72.3 Å². The number of hydrogen-bond donors (Lipinski definition) is 0. The first kappa shape index (κ1) is 22.6. The third-order valence-electron chi connectivity index (χ3n) is 7.04. The lowest BCUT2D eigenvalue weighted by Gasteiger charge is -2.35. The van der Waals surface area contributed by atoms with Gasteiger partial charge in [0, 0.05) is 49.1 Å². The van der Waals surface area contributed by atoms with Crippen LogP contribution in [0, 0.1) is 0 Å². The lowest BCUT2D eigenvalue weighted by Crippen LogP contribution is -2.41. The maximum atomic E-state index is 4.79. The van der Waals surface area contributed by atoms with Crippen molar-refractivity contribution < 1.29 is 0 Å². The van der Waals surface area contributed by atoms with Crippen LogP contribution in [-0.4, -0.2) is 77.0 Å². The van der Waals surface area contributed by atoms with Gasteiger partial charge in [0.25, 0.3) is 0 Å². The van der Waals surface area contributed by atoms with E-state index in [1.807, 2.05) is 52.4 Å². The molecule has 36 heavy (non-hydrogen) atoms. The van der Waals surface area contributed by atoms with Gasteiger partial charge >= 0.3 is 0 Å². The Hall–Kier alpha value is -3.82. The first-order valence-electron chi connectivity index (χ1n) is 12.4. The highest BCUT2D eigenvalue weighted by Crippen LogP contribution is 2.20. The summed E-state index contributed by atoms with van der Waals surface area (Å²) in [6.45, 7) is 3.84. The Bertz CT molecular complexity index is 1440. The van der Waals surface area contributed by atoms with E-state index in [0.29, 0.717) is 12.6 Å². The fourth-order valence-corrected chi connectivity index (χ4v) is 5.00. The van der Waals surface area contributed by atoms with Crippen molar-refractivity contribution in [2.75, 3.05) is 27.2 Å². The van der Waals surface area contributed by atoms with E-state index in [4.69, 9.17) is 4.98 Å². The summed E-state index contributed by atoms with van der Waals surface area (Å²) in [4.78, 5) is 14.1. The van der Waals surface area contributed by atoms with Crippen LogP contribution in [0.2, 0.25) is 0 Å². The van der Waals surface area contributed by atoms with E-state index < -0.39 is 0 Å². The van der Waals surface area contributed by atoms with Gasteiger partial charge in [-0.25, -0.2) is 9.67 Å². The van der Waals surface area contributed by atoms with E-state index in [2.05, 4.69) is 74.2 Å². The van der Waals surface area contributed by atoms with Gasteiger partial charge in [0.05, 0.1) is 30.3 Å². The van der Waals surface area contributed by atoms with Gasteiger partial charge in [-0.05, 0) is 69.9 Å². The molecule has 0 saturated carbocycles. The first-order chi connectivity index (χ1) is 17.6. The fourth-order valence-electron chi connectivity index (χ4n) is 5.00. The van der Waals surface area contributed by atoms with Crippen molar-refractivity contribution in [1.82, 2.24) is 43.7 Å². The molecule has 1 saturated heterocycles. The van der Waals surface area contributed by atoms with Crippen molar-refractivity contribution in [3.8, 4) is 16.9 Å². The summed E-state index contributed by atoms with van der Waals surface area (Å²) in [6.07, 6.45) is 16.4. The van der Waals surface area contributed by atoms with Crippen LogP contribution in [0.1, 0.15) is 24.1 Å². The molecule has 184 valence electrons. The van der Waals surface area contributed by atoms with Crippen molar-refractivity contribution >= 4 is 5.65 Å².